The third-order valence-electron chi connectivity index (χ3n) is 5.26. The van der Waals surface area contributed by atoms with Gasteiger partial charge in [-0.3, -0.25) is 9.10 Å². The summed E-state index contributed by atoms with van der Waals surface area (Å²) in [6, 6.07) is 12.0. The van der Waals surface area contributed by atoms with Crippen LogP contribution in [0, 0.1) is 19.8 Å². The molecule has 0 saturated heterocycles. The first-order valence-corrected chi connectivity index (χ1v) is 11.2. The molecule has 0 radical (unpaired) electrons. The number of sulfonamides is 1. The Kier molecular flexibility index (Phi) is 5.89. The van der Waals surface area contributed by atoms with Gasteiger partial charge in [-0.05, 0) is 56.5 Å². The summed E-state index contributed by atoms with van der Waals surface area (Å²) < 4.78 is 34.0. The van der Waals surface area contributed by atoms with E-state index in [0.717, 1.165) is 11.1 Å². The second-order valence-corrected chi connectivity index (χ2v) is 9.83. The lowest BCUT2D eigenvalue weighted by atomic mass is 10.1. The second kappa shape index (κ2) is 8.06. The van der Waals surface area contributed by atoms with Crippen LogP contribution in [0.3, 0.4) is 0 Å². The lowest BCUT2D eigenvalue weighted by molar-refractivity contribution is -0.128. The van der Waals surface area contributed by atoms with Gasteiger partial charge in [-0.1, -0.05) is 37.6 Å². The van der Waals surface area contributed by atoms with E-state index < -0.39 is 16.1 Å². The molecule has 0 fully saturated rings. The Balaban J connectivity index is 1.99. The van der Waals surface area contributed by atoms with Crippen LogP contribution in [0.15, 0.2) is 47.4 Å². The van der Waals surface area contributed by atoms with Gasteiger partial charge in [0.25, 0.3) is 15.9 Å². The van der Waals surface area contributed by atoms with Gasteiger partial charge < -0.3 is 10.1 Å². The van der Waals surface area contributed by atoms with E-state index >= 15 is 0 Å². The van der Waals surface area contributed by atoms with Crippen molar-refractivity contribution in [2.24, 2.45) is 5.92 Å². The van der Waals surface area contributed by atoms with Crippen molar-refractivity contribution in [1.82, 2.24) is 5.32 Å². The van der Waals surface area contributed by atoms with Gasteiger partial charge in [-0.2, -0.15) is 0 Å². The fourth-order valence-corrected chi connectivity index (χ4v) is 4.51. The standard InChI is InChI=1S/C22H28N2O4S/c1-14(2)17(5)23-22(25)21-13-24(19-12-16(4)8-11-20(19)28-21)29(26,27)18-9-6-15(3)7-10-18/h6-12,14,17,21H,13H2,1-5H3,(H,23,25)/t17-,21-/m1/s1. The SMILES string of the molecule is Cc1ccc(S(=O)(=O)N2C[C@H](C(=O)N[C@H](C)C(C)C)Oc3ccc(C)cc32)cc1. The van der Waals surface area contributed by atoms with E-state index in [4.69, 9.17) is 4.74 Å². The van der Waals surface area contributed by atoms with Crippen molar-refractivity contribution in [3.8, 4) is 5.75 Å². The molecule has 2 atom stereocenters. The number of aryl methyl sites for hydroxylation is 2. The first-order valence-electron chi connectivity index (χ1n) is 9.76. The maximum absolute atomic E-state index is 13.4. The summed E-state index contributed by atoms with van der Waals surface area (Å²) in [7, 11) is -3.85. The molecule has 1 amide bonds. The number of hydrogen-bond acceptors (Lipinski definition) is 4. The monoisotopic (exact) mass is 416 g/mol. The summed E-state index contributed by atoms with van der Waals surface area (Å²) in [6.07, 6.45) is -0.924. The molecule has 1 N–H and O–H groups in total. The third-order valence-corrected chi connectivity index (χ3v) is 7.05. The second-order valence-electron chi connectivity index (χ2n) is 7.97. The molecule has 7 heteroatoms. The van der Waals surface area contributed by atoms with Crippen LogP contribution >= 0.6 is 0 Å². The molecule has 0 aliphatic carbocycles. The molecule has 0 spiro atoms. The zero-order valence-corrected chi connectivity index (χ0v) is 18.3. The van der Waals surface area contributed by atoms with Crippen LogP contribution in [0.2, 0.25) is 0 Å². The molecular weight excluding hydrogens is 388 g/mol. The number of nitrogens with zero attached hydrogens (tertiary/aromatic N) is 1. The molecule has 3 rings (SSSR count). The van der Waals surface area contributed by atoms with E-state index in [2.05, 4.69) is 5.32 Å². The molecule has 6 nitrogen and oxygen atoms in total. The number of carbonyl (C=O) groups excluding carboxylic acids is 1. The predicted molar refractivity (Wildman–Crippen MR) is 114 cm³/mol. The number of carbonyl (C=O) groups is 1. The summed E-state index contributed by atoms with van der Waals surface area (Å²) in [4.78, 5) is 13.0. The van der Waals surface area contributed by atoms with Crippen LogP contribution in [0.4, 0.5) is 5.69 Å². The molecular formula is C22H28N2O4S. The Labute approximate surface area is 172 Å². The number of rotatable bonds is 5. The highest BCUT2D eigenvalue weighted by atomic mass is 32.2. The lowest BCUT2D eigenvalue weighted by Crippen LogP contribution is -2.52. The fourth-order valence-electron chi connectivity index (χ4n) is 3.05. The zero-order chi connectivity index (χ0) is 21.3. The van der Waals surface area contributed by atoms with E-state index in [9.17, 15) is 13.2 Å². The van der Waals surface area contributed by atoms with Crippen molar-refractivity contribution >= 4 is 21.6 Å². The molecule has 0 unspecified atom stereocenters. The number of hydrogen-bond donors (Lipinski definition) is 1. The summed E-state index contributed by atoms with van der Waals surface area (Å²) >= 11 is 0. The average Bonchev–Trinajstić information content (AvgIpc) is 2.67. The van der Waals surface area contributed by atoms with Crippen LogP contribution in [-0.4, -0.2) is 33.0 Å². The fraction of sp³-hybridized carbons (Fsp3) is 0.409. The number of anilines is 1. The van der Waals surface area contributed by atoms with Crippen molar-refractivity contribution in [2.75, 3.05) is 10.8 Å². The van der Waals surface area contributed by atoms with E-state index in [1.807, 2.05) is 40.7 Å². The van der Waals surface area contributed by atoms with Crippen LogP contribution in [0.25, 0.3) is 0 Å². The Morgan fingerprint density at radius 1 is 1.07 bits per heavy atom. The number of nitrogens with one attached hydrogen (secondary N) is 1. The summed E-state index contributed by atoms with van der Waals surface area (Å²) in [5.74, 6) is 0.321. The van der Waals surface area contributed by atoms with Crippen molar-refractivity contribution in [3.05, 3.63) is 53.6 Å². The number of ether oxygens (including phenoxy) is 1. The topological polar surface area (TPSA) is 75.7 Å². The minimum Gasteiger partial charge on any atom is -0.476 e. The van der Waals surface area contributed by atoms with E-state index in [-0.39, 0.29) is 29.3 Å². The molecule has 1 aliphatic heterocycles. The molecule has 2 aromatic rings. The summed E-state index contributed by atoms with van der Waals surface area (Å²) in [5.41, 5.74) is 2.33. The first kappa shape index (κ1) is 21.2. The molecule has 0 aromatic heterocycles. The van der Waals surface area contributed by atoms with E-state index in [1.54, 1.807) is 36.4 Å². The average molecular weight is 417 g/mol. The van der Waals surface area contributed by atoms with Gasteiger partial charge in [0.05, 0.1) is 17.1 Å². The zero-order valence-electron chi connectivity index (χ0n) is 17.5. The minimum absolute atomic E-state index is 0.0485. The van der Waals surface area contributed by atoms with Crippen molar-refractivity contribution < 1.29 is 17.9 Å². The van der Waals surface area contributed by atoms with Gasteiger partial charge >= 0.3 is 0 Å². The Morgan fingerprint density at radius 3 is 2.31 bits per heavy atom. The quantitative estimate of drug-likeness (QED) is 0.810. The number of benzene rings is 2. The van der Waals surface area contributed by atoms with Crippen molar-refractivity contribution in [2.45, 2.75) is 51.7 Å². The normalized spacial score (nSPS) is 17.4. The van der Waals surface area contributed by atoms with Gasteiger partial charge in [-0.25, -0.2) is 8.42 Å². The van der Waals surface area contributed by atoms with Gasteiger partial charge in [-0.15, -0.1) is 0 Å². The smallest absolute Gasteiger partial charge is 0.264 e. The molecule has 29 heavy (non-hydrogen) atoms. The van der Waals surface area contributed by atoms with Crippen LogP contribution in [0.5, 0.6) is 5.75 Å². The highest BCUT2D eigenvalue weighted by Gasteiger charge is 2.38. The molecule has 0 saturated carbocycles. The van der Waals surface area contributed by atoms with E-state index in [1.165, 1.54) is 4.31 Å². The highest BCUT2D eigenvalue weighted by Crippen LogP contribution is 2.37. The molecule has 2 aromatic carbocycles. The van der Waals surface area contributed by atoms with E-state index in [0.29, 0.717) is 11.4 Å². The largest absolute Gasteiger partial charge is 0.476 e. The number of amides is 1. The Bertz CT molecular complexity index is 1000. The maximum atomic E-state index is 13.4. The van der Waals surface area contributed by atoms with Crippen molar-refractivity contribution in [1.29, 1.82) is 0 Å². The Morgan fingerprint density at radius 2 is 1.69 bits per heavy atom. The van der Waals surface area contributed by atoms with Gasteiger partial charge in [0.15, 0.2) is 6.10 Å². The van der Waals surface area contributed by atoms with Gasteiger partial charge in [0, 0.05) is 6.04 Å². The first-order chi connectivity index (χ1) is 13.6. The van der Waals surface area contributed by atoms with Gasteiger partial charge in [0.1, 0.15) is 5.75 Å². The molecule has 0 bridgehead atoms. The third kappa shape index (κ3) is 4.40. The maximum Gasteiger partial charge on any atom is 0.264 e. The summed E-state index contributed by atoms with van der Waals surface area (Å²) in [6.45, 7) is 9.66. The van der Waals surface area contributed by atoms with Crippen LogP contribution < -0.4 is 14.4 Å². The molecule has 1 aliphatic rings. The van der Waals surface area contributed by atoms with Crippen LogP contribution in [0.1, 0.15) is 31.9 Å². The minimum atomic E-state index is -3.85. The predicted octanol–water partition coefficient (Wildman–Crippen LogP) is 3.42. The molecule has 156 valence electrons. The highest BCUT2D eigenvalue weighted by molar-refractivity contribution is 7.92. The lowest BCUT2D eigenvalue weighted by Gasteiger charge is -2.35. The summed E-state index contributed by atoms with van der Waals surface area (Å²) in [5, 5.41) is 2.93. The van der Waals surface area contributed by atoms with Gasteiger partial charge in [0.2, 0.25) is 0 Å². The number of fused-ring (bicyclic) bond motifs is 1. The Hall–Kier alpha value is -2.54. The van der Waals surface area contributed by atoms with Crippen molar-refractivity contribution in [3.63, 3.8) is 0 Å². The van der Waals surface area contributed by atoms with Crippen LogP contribution in [-0.2, 0) is 14.8 Å². The molecule has 1 heterocycles.